The van der Waals surface area contributed by atoms with Gasteiger partial charge in [-0.3, -0.25) is 4.79 Å². The van der Waals surface area contributed by atoms with E-state index in [2.05, 4.69) is 101 Å². The highest BCUT2D eigenvalue weighted by Gasteiger charge is 2.19. The lowest BCUT2D eigenvalue weighted by Crippen LogP contribution is -1.92. The predicted octanol–water partition coefficient (Wildman–Crippen LogP) is 11.1. The fourth-order valence-electron chi connectivity index (χ4n) is 7.04. The monoisotopic (exact) mass is 642 g/mol. The highest BCUT2D eigenvalue weighted by molar-refractivity contribution is 6.01. The maximum absolute atomic E-state index is 12.4. The molecule has 8 bridgehead atoms. The number of hydrogen-bond donors (Lipinski definition) is 2. The number of aromatic amines is 2. The third-order valence-corrected chi connectivity index (χ3v) is 9.30. The van der Waals surface area contributed by atoms with Crippen molar-refractivity contribution in [2.75, 3.05) is 0 Å². The molecule has 2 aliphatic rings. The second-order valence-electron chi connectivity index (χ2n) is 12.3. The van der Waals surface area contributed by atoms with E-state index in [0.29, 0.717) is 5.56 Å². The number of carbonyl (C=O) groups is 1. The first-order valence-electron chi connectivity index (χ1n) is 16.6. The molecule has 0 spiro atoms. The minimum Gasteiger partial charge on any atom is -0.354 e. The van der Waals surface area contributed by atoms with Crippen LogP contribution in [0.25, 0.3) is 90.9 Å². The minimum absolute atomic E-state index is 0.595. The lowest BCUT2D eigenvalue weighted by atomic mass is 9.99. The molecular weight excluding hydrogens is 613 g/mol. The Morgan fingerprint density at radius 3 is 1.12 bits per heavy atom. The van der Waals surface area contributed by atoms with Gasteiger partial charge in [-0.05, 0) is 70.8 Å². The van der Waals surface area contributed by atoms with Crippen molar-refractivity contribution in [1.82, 2.24) is 19.9 Å². The third kappa shape index (κ3) is 5.09. The Balaban J connectivity index is 1.49. The summed E-state index contributed by atoms with van der Waals surface area (Å²) in [6.07, 6.45) is 9.23. The Hall–Kier alpha value is -6.85. The number of nitrogens with one attached hydrogen (secondary N) is 2. The van der Waals surface area contributed by atoms with Crippen LogP contribution in [0, 0.1) is 0 Å². The predicted molar refractivity (Wildman–Crippen MR) is 206 cm³/mol. The summed E-state index contributed by atoms with van der Waals surface area (Å²) in [5.74, 6) is 0. The lowest BCUT2D eigenvalue weighted by Gasteiger charge is -2.08. The average molecular weight is 643 g/mol. The van der Waals surface area contributed by atoms with Crippen molar-refractivity contribution in [2.24, 2.45) is 0 Å². The minimum atomic E-state index is 0.595. The van der Waals surface area contributed by atoms with Gasteiger partial charge < -0.3 is 9.97 Å². The van der Waals surface area contributed by atoms with E-state index in [1.165, 1.54) is 0 Å². The first-order chi connectivity index (χ1) is 24.7. The number of benzene rings is 4. The maximum atomic E-state index is 12.4. The Morgan fingerprint density at radius 1 is 0.380 bits per heavy atom. The summed E-state index contributed by atoms with van der Waals surface area (Å²) in [4.78, 5) is 30.6. The highest BCUT2D eigenvalue weighted by atomic mass is 16.1. The molecule has 3 aromatic heterocycles. The molecule has 0 atom stereocenters. The molecular formula is C45H30N4O. The first-order valence-corrected chi connectivity index (χ1v) is 16.6. The SMILES string of the molecule is O=Cc1ccccc1-c1c2nc(c(-c3ccccc3)c3ccc([nH]3)c(-c3ccccc3)c3nc(c(-c4ccccc4)c4ccc1[nH]4)C=C3)C=C2. The van der Waals surface area contributed by atoms with Gasteiger partial charge in [-0.15, -0.1) is 0 Å². The Bertz CT molecular complexity index is 2610. The van der Waals surface area contributed by atoms with Gasteiger partial charge in [-0.25, -0.2) is 9.97 Å². The highest BCUT2D eigenvalue weighted by Crippen LogP contribution is 2.38. The summed E-state index contributed by atoms with van der Waals surface area (Å²) >= 11 is 0. The van der Waals surface area contributed by atoms with Crippen LogP contribution in [0.3, 0.4) is 0 Å². The second kappa shape index (κ2) is 12.3. The summed E-state index contributed by atoms with van der Waals surface area (Å²) in [5, 5.41) is 0. The van der Waals surface area contributed by atoms with Crippen molar-refractivity contribution in [1.29, 1.82) is 0 Å². The van der Waals surface area contributed by atoms with Crippen LogP contribution >= 0.6 is 0 Å². The molecule has 7 aromatic rings. The quantitative estimate of drug-likeness (QED) is 0.183. The summed E-state index contributed by atoms with van der Waals surface area (Å²) in [7, 11) is 0. The maximum Gasteiger partial charge on any atom is 0.150 e. The van der Waals surface area contributed by atoms with Crippen LogP contribution in [-0.4, -0.2) is 26.2 Å². The fourth-order valence-corrected chi connectivity index (χ4v) is 7.04. The standard InChI is InChI=1S/C45H30N4O/c50-28-32-18-10-11-19-33(32)45-40-26-24-38(48-40)43(30-14-6-2-7-15-30)36-22-20-34(46-36)42(29-12-4-1-5-13-29)35-21-23-37(47-35)44(31-16-8-3-9-17-31)39-25-27-41(45)49-39/h1-28,46,49H. The van der Waals surface area contributed by atoms with E-state index < -0.39 is 0 Å². The Morgan fingerprint density at radius 2 is 0.720 bits per heavy atom. The fraction of sp³-hybridized carbons (Fsp3) is 0. The number of aromatic nitrogens is 4. The Labute approximate surface area is 289 Å². The lowest BCUT2D eigenvalue weighted by molar-refractivity contribution is 0.112. The summed E-state index contributed by atoms with van der Waals surface area (Å²) in [6.45, 7) is 0. The van der Waals surface area contributed by atoms with Crippen molar-refractivity contribution in [2.45, 2.75) is 0 Å². The van der Waals surface area contributed by atoms with Crippen LogP contribution in [0.15, 0.2) is 140 Å². The second-order valence-corrected chi connectivity index (χ2v) is 12.3. The van der Waals surface area contributed by atoms with Gasteiger partial charge >= 0.3 is 0 Å². The number of rotatable bonds is 5. The number of aldehydes is 1. The van der Waals surface area contributed by atoms with Gasteiger partial charge in [-0.1, -0.05) is 115 Å². The van der Waals surface area contributed by atoms with Gasteiger partial charge in [0.05, 0.1) is 22.8 Å². The van der Waals surface area contributed by atoms with Gasteiger partial charge in [0.15, 0.2) is 6.29 Å². The van der Waals surface area contributed by atoms with Crippen LogP contribution in [0.4, 0.5) is 0 Å². The number of H-pyrrole nitrogens is 2. The van der Waals surface area contributed by atoms with Gasteiger partial charge in [0.25, 0.3) is 0 Å². The van der Waals surface area contributed by atoms with Gasteiger partial charge in [0.2, 0.25) is 0 Å². The first kappa shape index (κ1) is 29.3. The van der Waals surface area contributed by atoms with E-state index in [9.17, 15) is 4.79 Å². The molecule has 2 aliphatic heterocycles. The van der Waals surface area contributed by atoms with Crippen molar-refractivity contribution in [3.05, 3.63) is 168 Å². The molecule has 2 N–H and O–H groups in total. The molecule has 236 valence electrons. The summed E-state index contributed by atoms with van der Waals surface area (Å²) < 4.78 is 0. The van der Waals surface area contributed by atoms with Crippen molar-refractivity contribution >= 4 is 52.7 Å². The average Bonchev–Trinajstić information content (AvgIpc) is 4.01. The zero-order valence-corrected chi connectivity index (χ0v) is 27.0. The molecule has 0 fully saturated rings. The number of nitrogens with zero attached hydrogens (tertiary/aromatic N) is 2. The van der Waals surface area contributed by atoms with Crippen molar-refractivity contribution < 1.29 is 4.79 Å². The molecule has 5 nitrogen and oxygen atoms in total. The molecule has 0 saturated carbocycles. The molecule has 0 unspecified atom stereocenters. The molecule has 5 heteroatoms. The van der Waals surface area contributed by atoms with E-state index in [0.717, 1.165) is 95.6 Å². The van der Waals surface area contributed by atoms with Crippen molar-refractivity contribution in [3.63, 3.8) is 0 Å². The largest absolute Gasteiger partial charge is 0.354 e. The van der Waals surface area contributed by atoms with E-state index in [4.69, 9.17) is 9.97 Å². The van der Waals surface area contributed by atoms with E-state index in [-0.39, 0.29) is 0 Å². The van der Waals surface area contributed by atoms with E-state index in [1.54, 1.807) is 0 Å². The normalized spacial score (nSPS) is 11.9. The van der Waals surface area contributed by atoms with Crippen LogP contribution in [0.2, 0.25) is 0 Å². The van der Waals surface area contributed by atoms with Crippen LogP contribution in [0.1, 0.15) is 33.1 Å². The number of hydrogen-bond acceptors (Lipinski definition) is 3. The molecule has 0 amide bonds. The molecule has 0 saturated heterocycles. The Kier molecular flexibility index (Phi) is 7.21. The third-order valence-electron chi connectivity index (χ3n) is 9.30. The van der Waals surface area contributed by atoms with E-state index >= 15 is 0 Å². The van der Waals surface area contributed by atoms with E-state index in [1.807, 2.05) is 72.8 Å². The van der Waals surface area contributed by atoms with Gasteiger partial charge in [0, 0.05) is 49.9 Å². The van der Waals surface area contributed by atoms with Crippen LogP contribution in [-0.2, 0) is 0 Å². The number of carbonyl (C=O) groups excluding carboxylic acids is 1. The molecule has 50 heavy (non-hydrogen) atoms. The smallest absolute Gasteiger partial charge is 0.150 e. The zero-order valence-electron chi connectivity index (χ0n) is 27.0. The van der Waals surface area contributed by atoms with Crippen LogP contribution < -0.4 is 0 Å². The topological polar surface area (TPSA) is 74.4 Å². The summed E-state index contributed by atoms with van der Waals surface area (Å²) in [6, 6.07) is 47.2. The van der Waals surface area contributed by atoms with Crippen molar-refractivity contribution in [3.8, 4) is 44.5 Å². The summed E-state index contributed by atoms with van der Waals surface area (Å²) in [5.41, 5.74) is 15.4. The van der Waals surface area contributed by atoms with Gasteiger partial charge in [-0.2, -0.15) is 0 Å². The molecule has 0 aliphatic carbocycles. The molecule has 5 heterocycles. The number of fused-ring (bicyclic) bond motifs is 8. The van der Waals surface area contributed by atoms with Crippen LogP contribution in [0.5, 0.6) is 0 Å². The van der Waals surface area contributed by atoms with Gasteiger partial charge in [0.1, 0.15) is 0 Å². The molecule has 0 radical (unpaired) electrons. The zero-order chi connectivity index (χ0) is 33.4. The molecule has 9 rings (SSSR count). The molecule has 4 aromatic carbocycles.